The normalized spacial score (nSPS) is 12.0. The van der Waals surface area contributed by atoms with Crippen molar-refractivity contribution < 1.29 is 14.0 Å². The van der Waals surface area contributed by atoms with Crippen LogP contribution in [0.1, 0.15) is 66.9 Å². The van der Waals surface area contributed by atoms with Gasteiger partial charge in [0.25, 0.3) is 0 Å². The van der Waals surface area contributed by atoms with Gasteiger partial charge in [-0.1, -0.05) is 40.3 Å². The zero-order valence-electron chi connectivity index (χ0n) is 27.4. The number of aryl methyl sites for hydroxylation is 1. The lowest BCUT2D eigenvalue weighted by atomic mass is 10.0. The molecule has 0 heterocycles. The number of carbonyl (C=O) groups excluding carboxylic acids is 2. The van der Waals surface area contributed by atoms with E-state index >= 15 is 0 Å². The van der Waals surface area contributed by atoms with Gasteiger partial charge in [0, 0.05) is 42.3 Å². The molecule has 1 aromatic carbocycles. The van der Waals surface area contributed by atoms with Crippen LogP contribution in [0.3, 0.4) is 0 Å². The summed E-state index contributed by atoms with van der Waals surface area (Å²) in [6, 6.07) is 3.23. The maximum atomic E-state index is 14.2. The Kier molecular flexibility index (Phi) is 31.9. The Labute approximate surface area is 255 Å². The summed E-state index contributed by atoms with van der Waals surface area (Å²) >= 11 is 0. The highest BCUT2D eigenvalue weighted by molar-refractivity contribution is 5.91. The Hall–Kier alpha value is -4.13. The van der Waals surface area contributed by atoms with Gasteiger partial charge in [-0.2, -0.15) is 0 Å². The Bertz CT molecular complexity index is 1150. The third-order valence-electron chi connectivity index (χ3n) is 5.06. The molecule has 0 aliphatic carbocycles. The van der Waals surface area contributed by atoms with Crippen LogP contribution in [0.5, 0.6) is 0 Å². The molecule has 234 valence electrons. The Morgan fingerprint density at radius 1 is 1.05 bits per heavy atom. The number of rotatable bonds is 12. The number of hydrogen-bond donors (Lipinski definition) is 1. The van der Waals surface area contributed by atoms with Crippen LogP contribution >= 0.6 is 0 Å². The second-order valence-corrected chi connectivity index (χ2v) is 8.27. The van der Waals surface area contributed by atoms with E-state index in [4.69, 9.17) is 15.5 Å². The van der Waals surface area contributed by atoms with Crippen molar-refractivity contribution in [2.75, 3.05) is 19.6 Å². The first-order chi connectivity index (χ1) is 20.1. The predicted octanol–water partition coefficient (Wildman–Crippen LogP) is 6.64. The molecule has 6 nitrogen and oxygen atoms in total. The molecule has 0 fully saturated rings. The largest absolute Gasteiger partial charge is 0.400 e. The van der Waals surface area contributed by atoms with Crippen LogP contribution in [0.15, 0.2) is 83.1 Å². The predicted molar refractivity (Wildman–Crippen MR) is 185 cm³/mol. The first-order valence-corrected chi connectivity index (χ1v) is 14.0. The maximum absolute atomic E-state index is 14.2. The van der Waals surface area contributed by atoms with Crippen molar-refractivity contribution in [3.8, 4) is 0 Å². The average molecular weight is 583 g/mol. The molecule has 2 N–H and O–H groups in total. The van der Waals surface area contributed by atoms with Crippen LogP contribution in [-0.4, -0.2) is 49.7 Å². The van der Waals surface area contributed by atoms with Crippen molar-refractivity contribution in [3.63, 3.8) is 0 Å². The van der Waals surface area contributed by atoms with E-state index in [9.17, 15) is 9.18 Å². The van der Waals surface area contributed by atoms with Crippen LogP contribution < -0.4 is 16.2 Å². The van der Waals surface area contributed by atoms with Gasteiger partial charge >= 0.3 is 0 Å². The lowest BCUT2D eigenvalue weighted by Gasteiger charge is -2.17. The van der Waals surface area contributed by atoms with E-state index in [1.807, 2.05) is 53.0 Å². The number of benzene rings is 1. The topological polar surface area (TPSA) is 88.1 Å². The van der Waals surface area contributed by atoms with Crippen LogP contribution in [0, 0.1) is 12.7 Å². The SMILES string of the molecule is C=C.C=C.C=O.C=c1cc(C)c(F)c/c1=C/C(=C\C)C(/C=NC/C(N)=C/C(C)=O)=C(/C)N=CN(CCC)CCC.CC. The maximum Gasteiger partial charge on any atom is 0.154 e. The number of nitrogens with two attached hydrogens (primary N) is 1. The van der Waals surface area contributed by atoms with Gasteiger partial charge in [-0.3, -0.25) is 9.79 Å². The Balaban J connectivity index is -0.000000826. The van der Waals surface area contributed by atoms with Gasteiger partial charge in [-0.15, -0.1) is 26.3 Å². The van der Waals surface area contributed by atoms with Gasteiger partial charge in [0.05, 0.1) is 12.9 Å². The second-order valence-electron chi connectivity index (χ2n) is 8.27. The lowest BCUT2D eigenvalue weighted by molar-refractivity contribution is -0.112. The molecule has 0 saturated heterocycles. The van der Waals surface area contributed by atoms with Gasteiger partial charge < -0.3 is 15.4 Å². The van der Waals surface area contributed by atoms with Gasteiger partial charge in [0.1, 0.15) is 12.6 Å². The summed E-state index contributed by atoms with van der Waals surface area (Å²) in [5.74, 6) is -0.400. The Morgan fingerprint density at radius 3 is 2.02 bits per heavy atom. The first kappa shape index (κ1) is 44.9. The van der Waals surface area contributed by atoms with Gasteiger partial charge in [0.15, 0.2) is 5.78 Å². The monoisotopic (exact) mass is 582 g/mol. The minimum Gasteiger partial charge on any atom is -0.400 e. The van der Waals surface area contributed by atoms with Crippen LogP contribution in [-0.2, 0) is 9.59 Å². The summed E-state index contributed by atoms with van der Waals surface area (Å²) in [7, 11) is 0. The van der Waals surface area contributed by atoms with Crippen molar-refractivity contribution in [1.29, 1.82) is 0 Å². The van der Waals surface area contributed by atoms with E-state index in [0.717, 1.165) is 48.0 Å². The van der Waals surface area contributed by atoms with E-state index in [-0.39, 0.29) is 18.1 Å². The number of allylic oxidation sites excluding steroid dienone is 5. The third-order valence-corrected chi connectivity index (χ3v) is 5.06. The molecular weight excluding hydrogens is 527 g/mol. The molecule has 0 aliphatic rings. The number of halogens is 1. The first-order valence-electron chi connectivity index (χ1n) is 14.0. The molecule has 0 spiro atoms. The summed E-state index contributed by atoms with van der Waals surface area (Å²) in [5, 5.41) is 1.43. The number of aliphatic imine (C=N–C) groups is 2. The fourth-order valence-corrected chi connectivity index (χ4v) is 3.34. The van der Waals surface area contributed by atoms with E-state index in [0.29, 0.717) is 16.5 Å². The zero-order valence-corrected chi connectivity index (χ0v) is 27.4. The summed E-state index contributed by atoms with van der Waals surface area (Å²) in [4.78, 5) is 30.6. The van der Waals surface area contributed by atoms with Crippen LogP contribution in [0.25, 0.3) is 12.7 Å². The fourth-order valence-electron chi connectivity index (χ4n) is 3.34. The molecule has 0 bridgehead atoms. The number of ketones is 1. The molecule has 42 heavy (non-hydrogen) atoms. The molecule has 1 rings (SSSR count). The molecule has 0 saturated carbocycles. The summed E-state index contributed by atoms with van der Waals surface area (Å²) < 4.78 is 14.2. The van der Waals surface area contributed by atoms with Crippen molar-refractivity contribution in [2.24, 2.45) is 15.7 Å². The summed E-state index contributed by atoms with van der Waals surface area (Å²) in [6.07, 6.45) is 10.8. The van der Waals surface area contributed by atoms with Crippen molar-refractivity contribution in [2.45, 2.75) is 68.2 Å². The van der Waals surface area contributed by atoms with Crippen LogP contribution in [0.4, 0.5) is 4.39 Å². The highest BCUT2D eigenvalue weighted by atomic mass is 19.1. The minimum absolute atomic E-state index is 0.122. The molecule has 0 unspecified atom stereocenters. The number of hydrogen-bond acceptors (Lipinski definition) is 5. The molecule has 0 aromatic heterocycles. The second kappa shape index (κ2) is 29.8. The number of nitrogens with zero attached hydrogens (tertiary/aromatic N) is 3. The molecule has 0 amide bonds. The third kappa shape index (κ3) is 19.9. The fraction of sp³-hybridized carbons (Fsp3) is 0.371. The van der Waals surface area contributed by atoms with E-state index in [2.05, 4.69) is 56.6 Å². The molecule has 0 radical (unpaired) electrons. The highest BCUT2D eigenvalue weighted by Gasteiger charge is 2.06. The van der Waals surface area contributed by atoms with E-state index in [1.54, 1.807) is 19.2 Å². The van der Waals surface area contributed by atoms with Crippen LogP contribution in [0.2, 0.25) is 0 Å². The Morgan fingerprint density at radius 2 is 1.57 bits per heavy atom. The minimum atomic E-state index is -0.278. The molecule has 0 aliphatic heterocycles. The summed E-state index contributed by atoms with van der Waals surface area (Å²) in [5.41, 5.74) is 9.20. The summed E-state index contributed by atoms with van der Waals surface area (Å²) in [6.45, 7) is 35.4. The lowest BCUT2D eigenvalue weighted by Crippen LogP contribution is -2.25. The van der Waals surface area contributed by atoms with E-state index in [1.165, 1.54) is 19.1 Å². The van der Waals surface area contributed by atoms with Crippen molar-refractivity contribution >= 4 is 37.8 Å². The van der Waals surface area contributed by atoms with Gasteiger partial charge in [0.2, 0.25) is 0 Å². The molecule has 7 heteroatoms. The zero-order chi connectivity index (χ0) is 33.7. The quantitative estimate of drug-likeness (QED) is 0.0983. The van der Waals surface area contributed by atoms with Gasteiger partial charge in [-0.25, -0.2) is 9.38 Å². The molecular formula is C35H55FN4O2. The van der Waals surface area contributed by atoms with E-state index < -0.39 is 0 Å². The standard InChI is InChI=1S/C28H39FN4O.C2H6.2C2H4.CH2O/c1-8-11-33(12-9-2)19-32-23(7)27(18-31-17-26(30)14-22(6)34)24(10-3)15-25-16-28(29)21(5)13-20(25)4;4*1-2/h10,13-16,18-19H,4,8-9,11-12,17,30H2,1-3,5-7H3;1-2H3;2*1-2H2;1H2/b24-10+,25-15-,26-14-,27-23-,31-18?,32-19?;;;;. The molecule has 1 aromatic rings. The smallest absolute Gasteiger partial charge is 0.154 e. The van der Waals surface area contributed by atoms with Crippen molar-refractivity contribution in [1.82, 2.24) is 4.90 Å². The average Bonchev–Trinajstić information content (AvgIpc) is 2.99. The number of carbonyl (C=O) groups is 2. The molecule has 0 atom stereocenters. The van der Waals surface area contributed by atoms with Gasteiger partial charge in [-0.05, 0) is 80.3 Å². The van der Waals surface area contributed by atoms with Crippen molar-refractivity contribution in [3.05, 3.63) is 95.0 Å². The highest BCUT2D eigenvalue weighted by Crippen LogP contribution is 2.16.